The highest BCUT2D eigenvalue weighted by atomic mass is 35.5. The maximum Gasteiger partial charge on any atom is 0.227 e. The van der Waals surface area contributed by atoms with Crippen LogP contribution >= 0.6 is 22.9 Å². The summed E-state index contributed by atoms with van der Waals surface area (Å²) in [6.45, 7) is 5.05. The number of carbonyl (C=O) groups is 1. The molecule has 1 aliphatic rings. The average Bonchev–Trinajstić information content (AvgIpc) is 3.10. The summed E-state index contributed by atoms with van der Waals surface area (Å²) in [7, 11) is 1.66. The van der Waals surface area contributed by atoms with Gasteiger partial charge in [-0.25, -0.2) is 0 Å². The number of benzene rings is 1. The normalized spacial score (nSPS) is 14.8. The minimum atomic E-state index is 0.205. The SMILES string of the molecule is COc1cc(Cl)c(C)cc1N1CCN(C(=O)Cc2cccs2)CC1. The molecule has 1 aliphatic heterocycles. The van der Waals surface area contributed by atoms with E-state index in [1.807, 2.05) is 35.4 Å². The number of hydrogen-bond donors (Lipinski definition) is 0. The second-order valence-corrected chi connectivity index (χ2v) is 7.34. The monoisotopic (exact) mass is 364 g/mol. The summed E-state index contributed by atoms with van der Waals surface area (Å²) >= 11 is 7.82. The van der Waals surface area contributed by atoms with Gasteiger partial charge in [0.25, 0.3) is 0 Å². The molecule has 1 aromatic heterocycles. The highest BCUT2D eigenvalue weighted by Crippen LogP contribution is 2.34. The quantitative estimate of drug-likeness (QED) is 0.830. The van der Waals surface area contributed by atoms with E-state index in [2.05, 4.69) is 11.0 Å². The van der Waals surface area contributed by atoms with Gasteiger partial charge in [0.1, 0.15) is 5.75 Å². The fourth-order valence-electron chi connectivity index (χ4n) is 2.93. The third-order valence-electron chi connectivity index (χ3n) is 4.34. The number of rotatable bonds is 4. The Bertz CT molecular complexity index is 710. The zero-order valence-corrected chi connectivity index (χ0v) is 15.5. The van der Waals surface area contributed by atoms with Crippen molar-refractivity contribution in [3.63, 3.8) is 0 Å². The number of halogens is 1. The van der Waals surface area contributed by atoms with Crippen molar-refractivity contribution in [2.24, 2.45) is 0 Å². The molecule has 128 valence electrons. The Morgan fingerprint density at radius 3 is 2.67 bits per heavy atom. The van der Waals surface area contributed by atoms with Gasteiger partial charge in [-0.2, -0.15) is 0 Å². The summed E-state index contributed by atoms with van der Waals surface area (Å²) in [6.07, 6.45) is 0.501. The van der Waals surface area contributed by atoms with Crippen LogP contribution in [0.3, 0.4) is 0 Å². The van der Waals surface area contributed by atoms with Crippen molar-refractivity contribution in [3.8, 4) is 5.75 Å². The lowest BCUT2D eigenvalue weighted by Crippen LogP contribution is -2.49. The van der Waals surface area contributed by atoms with E-state index in [0.29, 0.717) is 11.4 Å². The van der Waals surface area contributed by atoms with Crippen LogP contribution in [0.15, 0.2) is 29.6 Å². The Kier molecular flexibility index (Phi) is 5.31. The Balaban J connectivity index is 1.65. The molecular weight excluding hydrogens is 344 g/mol. The van der Waals surface area contributed by atoms with Gasteiger partial charge >= 0.3 is 0 Å². The van der Waals surface area contributed by atoms with E-state index in [0.717, 1.165) is 48.1 Å². The molecule has 1 amide bonds. The van der Waals surface area contributed by atoms with E-state index in [4.69, 9.17) is 16.3 Å². The second-order valence-electron chi connectivity index (χ2n) is 5.90. The minimum Gasteiger partial charge on any atom is -0.495 e. The third kappa shape index (κ3) is 3.68. The van der Waals surface area contributed by atoms with Crippen molar-refractivity contribution in [2.45, 2.75) is 13.3 Å². The van der Waals surface area contributed by atoms with Crippen molar-refractivity contribution in [1.29, 1.82) is 0 Å². The molecule has 1 fully saturated rings. The van der Waals surface area contributed by atoms with Crippen molar-refractivity contribution in [2.75, 3.05) is 38.2 Å². The molecule has 6 heteroatoms. The molecule has 4 nitrogen and oxygen atoms in total. The molecule has 0 saturated carbocycles. The van der Waals surface area contributed by atoms with Crippen LogP contribution in [0.4, 0.5) is 5.69 Å². The Labute approximate surface area is 151 Å². The number of amides is 1. The lowest BCUT2D eigenvalue weighted by atomic mass is 10.1. The van der Waals surface area contributed by atoms with E-state index in [9.17, 15) is 4.79 Å². The van der Waals surface area contributed by atoms with Crippen LogP contribution < -0.4 is 9.64 Å². The number of hydrogen-bond acceptors (Lipinski definition) is 4. The first kappa shape index (κ1) is 17.1. The summed E-state index contributed by atoms with van der Waals surface area (Å²) < 4.78 is 5.47. The smallest absolute Gasteiger partial charge is 0.227 e. The standard InChI is InChI=1S/C18H21ClN2O2S/c1-13-10-16(17(23-2)12-15(13)19)20-5-7-21(8-6-20)18(22)11-14-4-3-9-24-14/h3-4,9-10,12H,5-8,11H2,1-2H3. The number of carbonyl (C=O) groups excluding carboxylic acids is 1. The second kappa shape index (κ2) is 7.45. The van der Waals surface area contributed by atoms with Gasteiger partial charge in [-0.05, 0) is 30.0 Å². The molecule has 0 radical (unpaired) electrons. The summed E-state index contributed by atoms with van der Waals surface area (Å²) in [5.74, 6) is 0.986. The molecule has 0 atom stereocenters. The molecule has 3 rings (SSSR count). The van der Waals surface area contributed by atoms with Gasteiger partial charge in [-0.15, -0.1) is 11.3 Å². The van der Waals surface area contributed by atoms with Crippen LogP contribution in [0.25, 0.3) is 0 Å². The van der Waals surface area contributed by atoms with Gasteiger partial charge in [-0.1, -0.05) is 17.7 Å². The maximum atomic E-state index is 12.4. The molecule has 0 bridgehead atoms. The van der Waals surface area contributed by atoms with E-state index in [-0.39, 0.29) is 5.91 Å². The Hall–Kier alpha value is -1.72. The molecule has 1 saturated heterocycles. The van der Waals surface area contributed by atoms with Crippen LogP contribution in [-0.4, -0.2) is 44.1 Å². The van der Waals surface area contributed by atoms with Gasteiger partial charge in [0.15, 0.2) is 0 Å². The zero-order chi connectivity index (χ0) is 17.1. The van der Waals surface area contributed by atoms with Gasteiger partial charge in [0.05, 0.1) is 19.2 Å². The fourth-order valence-corrected chi connectivity index (χ4v) is 3.78. The first-order chi connectivity index (χ1) is 11.6. The minimum absolute atomic E-state index is 0.205. The summed E-state index contributed by atoms with van der Waals surface area (Å²) in [5.41, 5.74) is 2.08. The van der Waals surface area contributed by atoms with Crippen molar-refractivity contribution < 1.29 is 9.53 Å². The van der Waals surface area contributed by atoms with Gasteiger partial charge in [0, 0.05) is 42.1 Å². The molecule has 0 unspecified atom stereocenters. The van der Waals surface area contributed by atoms with Gasteiger partial charge in [0.2, 0.25) is 5.91 Å². The van der Waals surface area contributed by atoms with Crippen LogP contribution in [0.5, 0.6) is 5.75 Å². The molecule has 2 aromatic rings. The molecule has 0 N–H and O–H groups in total. The van der Waals surface area contributed by atoms with Gasteiger partial charge in [-0.3, -0.25) is 4.79 Å². The summed E-state index contributed by atoms with van der Waals surface area (Å²) in [5, 5.41) is 2.72. The van der Waals surface area contributed by atoms with Gasteiger partial charge < -0.3 is 14.5 Å². The Morgan fingerprint density at radius 2 is 2.04 bits per heavy atom. The molecule has 1 aromatic carbocycles. The number of methoxy groups -OCH3 is 1. The number of nitrogens with zero attached hydrogens (tertiary/aromatic N) is 2. The first-order valence-corrected chi connectivity index (χ1v) is 9.23. The average molecular weight is 365 g/mol. The third-order valence-corrected chi connectivity index (χ3v) is 5.62. The Morgan fingerprint density at radius 1 is 1.29 bits per heavy atom. The van der Waals surface area contributed by atoms with Crippen LogP contribution in [0, 0.1) is 6.92 Å². The number of piperazine rings is 1. The number of ether oxygens (including phenoxy) is 1. The van der Waals surface area contributed by atoms with Crippen LogP contribution in [0.2, 0.25) is 5.02 Å². The van der Waals surface area contributed by atoms with Crippen molar-refractivity contribution >= 4 is 34.5 Å². The molecule has 0 aliphatic carbocycles. The molecular formula is C18H21ClN2O2S. The predicted octanol–water partition coefficient (Wildman–Crippen LogP) is 3.61. The fraction of sp³-hybridized carbons (Fsp3) is 0.389. The number of anilines is 1. The summed E-state index contributed by atoms with van der Waals surface area (Å²) in [4.78, 5) is 17.7. The molecule has 24 heavy (non-hydrogen) atoms. The van der Waals surface area contributed by atoms with Crippen LogP contribution in [0.1, 0.15) is 10.4 Å². The molecule has 2 heterocycles. The van der Waals surface area contributed by atoms with E-state index in [1.165, 1.54) is 0 Å². The topological polar surface area (TPSA) is 32.8 Å². The zero-order valence-electron chi connectivity index (χ0n) is 13.9. The first-order valence-electron chi connectivity index (χ1n) is 7.97. The highest BCUT2D eigenvalue weighted by Gasteiger charge is 2.23. The lowest BCUT2D eigenvalue weighted by Gasteiger charge is -2.37. The summed E-state index contributed by atoms with van der Waals surface area (Å²) in [6, 6.07) is 7.92. The van der Waals surface area contributed by atoms with E-state index in [1.54, 1.807) is 18.4 Å². The van der Waals surface area contributed by atoms with E-state index >= 15 is 0 Å². The lowest BCUT2D eigenvalue weighted by molar-refractivity contribution is -0.130. The number of aryl methyl sites for hydroxylation is 1. The number of thiophene rings is 1. The highest BCUT2D eigenvalue weighted by molar-refractivity contribution is 7.10. The van der Waals surface area contributed by atoms with E-state index < -0.39 is 0 Å². The van der Waals surface area contributed by atoms with Crippen LogP contribution in [-0.2, 0) is 11.2 Å². The van der Waals surface area contributed by atoms with Crippen molar-refractivity contribution in [3.05, 3.63) is 45.1 Å². The maximum absolute atomic E-state index is 12.4. The largest absolute Gasteiger partial charge is 0.495 e. The predicted molar refractivity (Wildman–Crippen MR) is 99.6 cm³/mol. The molecule has 0 spiro atoms. The van der Waals surface area contributed by atoms with Crippen molar-refractivity contribution in [1.82, 2.24) is 4.90 Å².